The first-order chi connectivity index (χ1) is 10.6. The fourth-order valence-corrected chi connectivity index (χ4v) is 2.51. The maximum atomic E-state index is 10.0. The van der Waals surface area contributed by atoms with Gasteiger partial charge in [-0.25, -0.2) is 0 Å². The van der Waals surface area contributed by atoms with Crippen LogP contribution in [0.4, 0.5) is 0 Å². The van der Waals surface area contributed by atoms with Crippen molar-refractivity contribution in [1.29, 1.82) is 0 Å². The van der Waals surface area contributed by atoms with Crippen LogP contribution in [0.25, 0.3) is 0 Å². The van der Waals surface area contributed by atoms with E-state index in [1.807, 2.05) is 55.5 Å². The van der Waals surface area contributed by atoms with Crippen molar-refractivity contribution in [3.8, 4) is 5.75 Å². The smallest absolute Gasteiger partial charge is 0.133 e. The number of benzene rings is 2. The Hall–Kier alpha value is -1.07. The highest BCUT2D eigenvalue weighted by Crippen LogP contribution is 2.23. The first-order valence-electron chi connectivity index (χ1n) is 7.10. The van der Waals surface area contributed by atoms with E-state index >= 15 is 0 Å². The quantitative estimate of drug-likeness (QED) is 0.752. The molecule has 5 heteroatoms. The second-order valence-corrected chi connectivity index (χ2v) is 6.37. The third-order valence-corrected chi connectivity index (χ3v) is 4.20. The van der Waals surface area contributed by atoms with Crippen LogP contribution in [0.2, 0.25) is 5.02 Å². The highest BCUT2D eigenvalue weighted by molar-refractivity contribution is 9.10. The minimum atomic E-state index is -0.582. The number of rotatable bonds is 7. The number of para-hydroxylation sites is 1. The van der Waals surface area contributed by atoms with Crippen LogP contribution in [0.3, 0.4) is 0 Å². The second-order valence-electron chi connectivity index (χ2n) is 5.08. The summed E-state index contributed by atoms with van der Waals surface area (Å²) < 4.78 is 6.48. The van der Waals surface area contributed by atoms with Gasteiger partial charge < -0.3 is 15.2 Å². The number of aliphatic hydroxyl groups is 1. The lowest BCUT2D eigenvalue weighted by Gasteiger charge is -2.18. The second kappa shape index (κ2) is 8.53. The summed E-state index contributed by atoms with van der Waals surface area (Å²) in [4.78, 5) is 0. The lowest BCUT2D eigenvalue weighted by molar-refractivity contribution is 0.104. The number of aliphatic hydroxyl groups excluding tert-OH is 1. The van der Waals surface area contributed by atoms with Crippen LogP contribution in [-0.2, 0) is 0 Å². The summed E-state index contributed by atoms with van der Waals surface area (Å²) in [6.45, 7) is 2.74. The summed E-state index contributed by atoms with van der Waals surface area (Å²) in [7, 11) is 0. The van der Waals surface area contributed by atoms with E-state index in [4.69, 9.17) is 16.3 Å². The van der Waals surface area contributed by atoms with Crippen molar-refractivity contribution in [3.63, 3.8) is 0 Å². The molecule has 22 heavy (non-hydrogen) atoms. The molecule has 0 aromatic heterocycles. The molecule has 2 atom stereocenters. The molecule has 2 N–H and O–H groups in total. The van der Waals surface area contributed by atoms with Crippen molar-refractivity contribution in [1.82, 2.24) is 5.32 Å². The fourth-order valence-electron chi connectivity index (χ4n) is 1.99. The molecule has 118 valence electrons. The Balaban J connectivity index is 1.76. The molecule has 2 aromatic rings. The van der Waals surface area contributed by atoms with Crippen molar-refractivity contribution in [3.05, 3.63) is 63.6 Å². The summed E-state index contributed by atoms with van der Waals surface area (Å²) >= 11 is 9.29. The van der Waals surface area contributed by atoms with Gasteiger partial charge in [-0.05, 0) is 52.7 Å². The number of hydrogen-bond donors (Lipinski definition) is 2. The fraction of sp³-hybridized carbons (Fsp3) is 0.294. The standard InChI is InChI=1S/C17H19BrClNO2/c1-12(13-6-8-14(19)9-7-13)20-10-15(21)11-22-17-5-3-2-4-16(17)18/h2-9,12,15,20-21H,10-11H2,1H3. The van der Waals surface area contributed by atoms with Crippen molar-refractivity contribution in [2.45, 2.75) is 19.1 Å². The first kappa shape index (κ1) is 17.3. The van der Waals surface area contributed by atoms with Crippen molar-refractivity contribution < 1.29 is 9.84 Å². The third-order valence-electron chi connectivity index (χ3n) is 3.30. The van der Waals surface area contributed by atoms with Crippen LogP contribution >= 0.6 is 27.5 Å². The molecule has 0 bridgehead atoms. The third kappa shape index (κ3) is 5.29. The van der Waals surface area contributed by atoms with E-state index in [0.717, 1.165) is 20.8 Å². The Bertz CT molecular complexity index is 591. The van der Waals surface area contributed by atoms with Crippen molar-refractivity contribution >= 4 is 27.5 Å². The Labute approximate surface area is 144 Å². The van der Waals surface area contributed by atoms with Gasteiger partial charge in [-0.3, -0.25) is 0 Å². The summed E-state index contributed by atoms with van der Waals surface area (Å²) in [5.74, 6) is 0.729. The average molecular weight is 385 g/mol. The van der Waals surface area contributed by atoms with E-state index in [9.17, 15) is 5.11 Å². The monoisotopic (exact) mass is 383 g/mol. The van der Waals surface area contributed by atoms with Crippen LogP contribution in [0, 0.1) is 0 Å². The Morgan fingerprint density at radius 3 is 2.55 bits per heavy atom. The van der Waals surface area contributed by atoms with E-state index in [2.05, 4.69) is 21.2 Å². The van der Waals surface area contributed by atoms with E-state index in [1.165, 1.54) is 0 Å². The maximum Gasteiger partial charge on any atom is 0.133 e. The van der Waals surface area contributed by atoms with Crippen molar-refractivity contribution in [2.75, 3.05) is 13.2 Å². The van der Waals surface area contributed by atoms with Crippen molar-refractivity contribution in [2.24, 2.45) is 0 Å². The zero-order valence-electron chi connectivity index (χ0n) is 12.3. The SMILES string of the molecule is CC(NCC(O)COc1ccccc1Br)c1ccc(Cl)cc1. The average Bonchev–Trinajstić information content (AvgIpc) is 2.52. The predicted molar refractivity (Wildman–Crippen MR) is 93.5 cm³/mol. The molecule has 0 aliphatic rings. The number of hydrogen-bond acceptors (Lipinski definition) is 3. The molecule has 0 aliphatic carbocycles. The highest BCUT2D eigenvalue weighted by Gasteiger charge is 2.10. The molecule has 0 spiro atoms. The Kier molecular flexibility index (Phi) is 6.70. The molecule has 0 saturated heterocycles. The normalized spacial score (nSPS) is 13.6. The Morgan fingerprint density at radius 2 is 1.86 bits per heavy atom. The number of ether oxygens (including phenoxy) is 1. The van der Waals surface area contributed by atoms with Crippen LogP contribution in [0.15, 0.2) is 53.0 Å². The minimum absolute atomic E-state index is 0.135. The molecule has 0 heterocycles. The molecule has 0 saturated carbocycles. The van der Waals surface area contributed by atoms with Gasteiger partial charge in [0.05, 0.1) is 4.47 Å². The molecule has 2 rings (SSSR count). The van der Waals surface area contributed by atoms with E-state index in [-0.39, 0.29) is 12.6 Å². The molecule has 2 unspecified atom stereocenters. The van der Waals surface area contributed by atoms with Gasteiger partial charge in [0, 0.05) is 17.6 Å². The molecular formula is C17H19BrClNO2. The topological polar surface area (TPSA) is 41.5 Å². The first-order valence-corrected chi connectivity index (χ1v) is 8.27. The van der Waals surface area contributed by atoms with Gasteiger partial charge in [-0.1, -0.05) is 35.9 Å². The summed E-state index contributed by atoms with van der Waals surface area (Å²) in [6, 6.07) is 15.4. The molecule has 3 nitrogen and oxygen atoms in total. The van der Waals surface area contributed by atoms with Crippen LogP contribution in [0.5, 0.6) is 5.75 Å². The lowest BCUT2D eigenvalue weighted by atomic mass is 10.1. The molecule has 0 aliphatic heterocycles. The van der Waals surface area contributed by atoms with E-state index < -0.39 is 6.10 Å². The zero-order valence-corrected chi connectivity index (χ0v) is 14.6. The van der Waals surface area contributed by atoms with Gasteiger partial charge in [0.1, 0.15) is 18.5 Å². The van der Waals surface area contributed by atoms with Gasteiger partial charge in [-0.2, -0.15) is 0 Å². The summed E-state index contributed by atoms with van der Waals surface area (Å²) in [5.41, 5.74) is 1.13. The molecule has 2 aromatic carbocycles. The minimum Gasteiger partial charge on any atom is -0.490 e. The predicted octanol–water partition coefficient (Wildman–Crippen LogP) is 4.19. The van der Waals surface area contributed by atoms with Gasteiger partial charge in [0.2, 0.25) is 0 Å². The van der Waals surface area contributed by atoms with Gasteiger partial charge in [0.25, 0.3) is 0 Å². The van der Waals surface area contributed by atoms with Gasteiger partial charge in [0.15, 0.2) is 0 Å². The molecular weight excluding hydrogens is 366 g/mol. The van der Waals surface area contributed by atoms with E-state index in [0.29, 0.717) is 6.54 Å². The highest BCUT2D eigenvalue weighted by atomic mass is 79.9. The largest absolute Gasteiger partial charge is 0.490 e. The maximum absolute atomic E-state index is 10.0. The number of halogens is 2. The van der Waals surface area contributed by atoms with Crippen LogP contribution in [-0.4, -0.2) is 24.4 Å². The van der Waals surface area contributed by atoms with Gasteiger partial charge in [-0.15, -0.1) is 0 Å². The van der Waals surface area contributed by atoms with Gasteiger partial charge >= 0.3 is 0 Å². The summed E-state index contributed by atoms with van der Waals surface area (Å²) in [6.07, 6.45) is -0.582. The molecule has 0 radical (unpaired) electrons. The molecule has 0 fully saturated rings. The van der Waals surface area contributed by atoms with Crippen LogP contribution in [0.1, 0.15) is 18.5 Å². The Morgan fingerprint density at radius 1 is 1.18 bits per heavy atom. The number of nitrogens with one attached hydrogen (secondary N) is 1. The lowest BCUT2D eigenvalue weighted by Crippen LogP contribution is -2.33. The van der Waals surface area contributed by atoms with Crippen LogP contribution < -0.4 is 10.1 Å². The molecule has 0 amide bonds. The van der Waals surface area contributed by atoms with E-state index in [1.54, 1.807) is 0 Å². The summed E-state index contributed by atoms with van der Waals surface area (Å²) in [5, 5.41) is 14.0. The zero-order chi connectivity index (χ0) is 15.9.